The van der Waals surface area contributed by atoms with E-state index >= 15 is 0 Å². The molecule has 0 aliphatic heterocycles. The molecule has 0 spiro atoms. The zero-order valence-corrected chi connectivity index (χ0v) is 8.15. The van der Waals surface area contributed by atoms with Crippen molar-refractivity contribution in [1.29, 1.82) is 0 Å². The number of aliphatic hydroxyl groups excluding tert-OH is 1. The average molecular weight is 192 g/mol. The summed E-state index contributed by atoms with van der Waals surface area (Å²) in [6.07, 6.45) is -1.17. The molecule has 0 radical (unpaired) electrons. The molecule has 0 unspecified atom stereocenters. The summed E-state index contributed by atoms with van der Waals surface area (Å²) in [5, 5.41) is 9.19. The molecule has 0 aliphatic rings. The SMILES string of the molecule is COCO[C@H](C)C[C@@H](O)C(=O)OC. The monoisotopic (exact) mass is 192 g/mol. The van der Waals surface area contributed by atoms with Gasteiger partial charge in [-0.15, -0.1) is 0 Å². The predicted octanol–water partition coefficient (Wildman–Crippen LogP) is -0.0806. The van der Waals surface area contributed by atoms with Crippen molar-refractivity contribution in [1.82, 2.24) is 0 Å². The van der Waals surface area contributed by atoms with Gasteiger partial charge in [-0.05, 0) is 6.92 Å². The average Bonchev–Trinajstić information content (AvgIpc) is 2.13. The van der Waals surface area contributed by atoms with Crippen molar-refractivity contribution < 1.29 is 24.1 Å². The summed E-state index contributed by atoms with van der Waals surface area (Å²) in [5.74, 6) is -0.645. The minimum absolute atomic E-state index is 0.148. The molecule has 0 aromatic rings. The Morgan fingerprint density at radius 3 is 2.54 bits per heavy atom. The lowest BCUT2D eigenvalue weighted by Crippen LogP contribution is -2.27. The molecule has 0 heterocycles. The van der Waals surface area contributed by atoms with E-state index in [2.05, 4.69) is 9.47 Å². The normalized spacial score (nSPS) is 15.1. The number of rotatable bonds is 6. The molecule has 0 saturated heterocycles. The minimum Gasteiger partial charge on any atom is -0.467 e. The first-order valence-corrected chi connectivity index (χ1v) is 3.98. The number of esters is 1. The molecule has 78 valence electrons. The van der Waals surface area contributed by atoms with E-state index in [4.69, 9.17) is 4.74 Å². The van der Waals surface area contributed by atoms with Crippen LogP contribution in [-0.4, -0.2) is 44.3 Å². The van der Waals surface area contributed by atoms with Gasteiger partial charge in [-0.3, -0.25) is 0 Å². The largest absolute Gasteiger partial charge is 0.467 e. The van der Waals surface area contributed by atoms with E-state index in [1.165, 1.54) is 14.2 Å². The second-order valence-electron chi connectivity index (χ2n) is 2.66. The van der Waals surface area contributed by atoms with Gasteiger partial charge in [0.2, 0.25) is 0 Å². The molecule has 0 amide bonds. The first kappa shape index (κ1) is 12.3. The summed E-state index contributed by atoms with van der Waals surface area (Å²) >= 11 is 0. The van der Waals surface area contributed by atoms with Crippen molar-refractivity contribution in [2.45, 2.75) is 25.6 Å². The Morgan fingerprint density at radius 2 is 2.08 bits per heavy atom. The van der Waals surface area contributed by atoms with Gasteiger partial charge in [0.1, 0.15) is 6.79 Å². The van der Waals surface area contributed by atoms with E-state index in [-0.39, 0.29) is 19.3 Å². The van der Waals surface area contributed by atoms with Gasteiger partial charge in [-0.25, -0.2) is 4.79 Å². The van der Waals surface area contributed by atoms with Crippen LogP contribution < -0.4 is 0 Å². The number of carbonyl (C=O) groups is 1. The van der Waals surface area contributed by atoms with Gasteiger partial charge in [0.25, 0.3) is 0 Å². The highest BCUT2D eigenvalue weighted by Gasteiger charge is 2.18. The van der Waals surface area contributed by atoms with Crippen LogP contribution in [0.4, 0.5) is 0 Å². The van der Waals surface area contributed by atoms with E-state index < -0.39 is 12.1 Å². The fourth-order valence-corrected chi connectivity index (χ4v) is 0.799. The highest BCUT2D eigenvalue weighted by Crippen LogP contribution is 2.03. The van der Waals surface area contributed by atoms with Crippen LogP contribution in [0.1, 0.15) is 13.3 Å². The molecule has 0 aliphatic carbocycles. The van der Waals surface area contributed by atoms with E-state index in [0.29, 0.717) is 0 Å². The quantitative estimate of drug-likeness (QED) is 0.471. The summed E-state index contributed by atoms with van der Waals surface area (Å²) < 4.78 is 14.1. The van der Waals surface area contributed by atoms with Gasteiger partial charge in [0, 0.05) is 13.5 Å². The lowest BCUT2D eigenvalue weighted by atomic mass is 10.2. The van der Waals surface area contributed by atoms with Crippen molar-refractivity contribution in [2.75, 3.05) is 21.0 Å². The van der Waals surface area contributed by atoms with E-state index in [1.54, 1.807) is 6.92 Å². The Hall–Kier alpha value is -0.650. The second kappa shape index (κ2) is 6.82. The molecule has 0 fully saturated rings. The van der Waals surface area contributed by atoms with Crippen LogP contribution >= 0.6 is 0 Å². The Balaban J connectivity index is 3.64. The summed E-state index contributed by atoms with van der Waals surface area (Å²) in [7, 11) is 2.73. The zero-order valence-electron chi connectivity index (χ0n) is 8.15. The molecule has 2 atom stereocenters. The predicted molar refractivity (Wildman–Crippen MR) is 45.1 cm³/mol. The molecule has 0 saturated carbocycles. The standard InChI is InChI=1S/C8H16O5/c1-6(13-5-11-2)4-7(9)8(10)12-3/h6-7,9H,4-5H2,1-3H3/t6-,7-/m1/s1. The van der Waals surface area contributed by atoms with E-state index in [1.807, 2.05) is 0 Å². The van der Waals surface area contributed by atoms with Gasteiger partial charge in [-0.1, -0.05) is 0 Å². The van der Waals surface area contributed by atoms with Crippen LogP contribution in [-0.2, 0) is 19.0 Å². The molecular formula is C8H16O5. The van der Waals surface area contributed by atoms with Crippen LogP contribution in [0.3, 0.4) is 0 Å². The molecule has 5 heteroatoms. The van der Waals surface area contributed by atoms with Gasteiger partial charge < -0.3 is 19.3 Å². The van der Waals surface area contributed by atoms with Gasteiger partial charge in [-0.2, -0.15) is 0 Å². The maximum absolute atomic E-state index is 10.8. The lowest BCUT2D eigenvalue weighted by Gasteiger charge is -2.14. The number of hydrogen-bond donors (Lipinski definition) is 1. The smallest absolute Gasteiger partial charge is 0.334 e. The van der Waals surface area contributed by atoms with Crippen molar-refractivity contribution >= 4 is 5.97 Å². The fraction of sp³-hybridized carbons (Fsp3) is 0.875. The van der Waals surface area contributed by atoms with Crippen molar-refractivity contribution in [3.63, 3.8) is 0 Å². The number of ether oxygens (including phenoxy) is 3. The highest BCUT2D eigenvalue weighted by atomic mass is 16.7. The Bertz CT molecular complexity index is 147. The molecule has 0 aromatic heterocycles. The lowest BCUT2D eigenvalue weighted by molar-refractivity contribution is -0.153. The Kier molecular flexibility index (Phi) is 6.48. The van der Waals surface area contributed by atoms with E-state index in [0.717, 1.165) is 0 Å². The fourth-order valence-electron chi connectivity index (χ4n) is 0.799. The van der Waals surface area contributed by atoms with Crippen LogP contribution in [0, 0.1) is 0 Å². The first-order valence-electron chi connectivity index (χ1n) is 3.98. The molecule has 5 nitrogen and oxygen atoms in total. The molecule has 0 bridgehead atoms. The third kappa shape index (κ3) is 5.57. The number of aliphatic hydroxyl groups is 1. The Morgan fingerprint density at radius 1 is 1.46 bits per heavy atom. The molecule has 0 aromatic carbocycles. The van der Waals surface area contributed by atoms with Crippen LogP contribution in [0.25, 0.3) is 0 Å². The van der Waals surface area contributed by atoms with Crippen LogP contribution in [0.2, 0.25) is 0 Å². The number of carbonyl (C=O) groups excluding carboxylic acids is 1. The van der Waals surface area contributed by atoms with Gasteiger partial charge in [0.05, 0.1) is 13.2 Å². The first-order chi connectivity index (χ1) is 6.11. The minimum atomic E-state index is -1.13. The number of methoxy groups -OCH3 is 2. The zero-order chi connectivity index (χ0) is 10.3. The molecule has 1 N–H and O–H groups in total. The summed E-state index contributed by atoms with van der Waals surface area (Å²) in [6.45, 7) is 1.89. The van der Waals surface area contributed by atoms with Gasteiger partial charge in [0.15, 0.2) is 6.10 Å². The molecule has 0 rings (SSSR count). The Labute approximate surface area is 77.6 Å². The molecular weight excluding hydrogens is 176 g/mol. The van der Waals surface area contributed by atoms with Crippen LogP contribution in [0.5, 0.6) is 0 Å². The highest BCUT2D eigenvalue weighted by molar-refractivity contribution is 5.74. The van der Waals surface area contributed by atoms with Crippen molar-refractivity contribution in [3.05, 3.63) is 0 Å². The second-order valence-corrected chi connectivity index (χ2v) is 2.66. The topological polar surface area (TPSA) is 65.0 Å². The third-order valence-electron chi connectivity index (χ3n) is 1.50. The van der Waals surface area contributed by atoms with Gasteiger partial charge >= 0.3 is 5.97 Å². The van der Waals surface area contributed by atoms with E-state index in [9.17, 15) is 9.90 Å². The number of hydrogen-bond acceptors (Lipinski definition) is 5. The maximum Gasteiger partial charge on any atom is 0.334 e. The summed E-state index contributed by atoms with van der Waals surface area (Å²) in [6, 6.07) is 0. The summed E-state index contributed by atoms with van der Waals surface area (Å²) in [4.78, 5) is 10.8. The van der Waals surface area contributed by atoms with Crippen LogP contribution in [0.15, 0.2) is 0 Å². The molecule has 13 heavy (non-hydrogen) atoms. The van der Waals surface area contributed by atoms with Crippen molar-refractivity contribution in [2.24, 2.45) is 0 Å². The third-order valence-corrected chi connectivity index (χ3v) is 1.50. The summed E-state index contributed by atoms with van der Waals surface area (Å²) in [5.41, 5.74) is 0. The van der Waals surface area contributed by atoms with Crippen molar-refractivity contribution in [3.8, 4) is 0 Å². The maximum atomic E-state index is 10.8.